The molecule has 0 spiro atoms. The van der Waals surface area contributed by atoms with Crippen LogP contribution in [0, 0.1) is 6.92 Å². The number of carbonyl (C=O) groups is 1. The number of aromatic nitrogens is 1. The highest BCUT2D eigenvalue weighted by Gasteiger charge is 2.27. The van der Waals surface area contributed by atoms with Gasteiger partial charge in [-0.2, -0.15) is 4.31 Å². The van der Waals surface area contributed by atoms with Crippen LogP contribution in [0.25, 0.3) is 10.9 Å². The van der Waals surface area contributed by atoms with Gasteiger partial charge in [-0.3, -0.25) is 9.59 Å². The predicted octanol–water partition coefficient (Wildman–Crippen LogP) is 4.16. The minimum absolute atomic E-state index is 0.00126. The van der Waals surface area contributed by atoms with Crippen LogP contribution in [-0.4, -0.2) is 30.3 Å². The first-order valence-electron chi connectivity index (χ1n) is 11.3. The van der Waals surface area contributed by atoms with E-state index in [0.29, 0.717) is 28.2 Å². The smallest absolute Gasteiger partial charge is 0.252 e. The van der Waals surface area contributed by atoms with E-state index in [1.807, 2.05) is 25.1 Å². The quantitative estimate of drug-likeness (QED) is 0.379. The van der Waals surface area contributed by atoms with Crippen molar-refractivity contribution in [2.24, 2.45) is 0 Å². The van der Waals surface area contributed by atoms with Gasteiger partial charge in [0.15, 0.2) is 17.3 Å². The molecule has 0 saturated heterocycles. The van der Waals surface area contributed by atoms with Crippen LogP contribution in [0.15, 0.2) is 76.4 Å². The highest BCUT2D eigenvalue weighted by atomic mass is 32.2. The summed E-state index contributed by atoms with van der Waals surface area (Å²) < 4.78 is 39.6. The second-order valence-electron chi connectivity index (χ2n) is 8.70. The molecule has 0 bridgehead atoms. The van der Waals surface area contributed by atoms with Gasteiger partial charge in [0.25, 0.3) is 5.56 Å². The Morgan fingerprint density at radius 3 is 2.47 bits per heavy atom. The Labute approximate surface area is 208 Å². The minimum atomic E-state index is -4.04. The van der Waals surface area contributed by atoms with Gasteiger partial charge in [-0.25, -0.2) is 8.42 Å². The first kappa shape index (κ1) is 23.8. The molecule has 1 N–H and O–H groups in total. The Morgan fingerprint density at radius 1 is 0.972 bits per heavy atom. The first-order valence-corrected chi connectivity index (χ1v) is 12.8. The Bertz CT molecular complexity index is 1640. The number of nitrogens with one attached hydrogen (secondary N) is 1. The molecule has 1 aliphatic rings. The maximum absolute atomic E-state index is 13.8. The molecule has 0 aliphatic carbocycles. The molecule has 8 nitrogen and oxygen atoms in total. The number of hydrogen-bond donors (Lipinski definition) is 1. The lowest BCUT2D eigenvalue weighted by atomic mass is 10.1. The number of carbonyl (C=O) groups excluding carboxylic acids is 1. The van der Waals surface area contributed by atoms with Gasteiger partial charge >= 0.3 is 0 Å². The number of nitrogens with zero attached hydrogens (tertiary/aromatic N) is 1. The molecule has 1 aliphatic heterocycles. The molecule has 1 aromatic heterocycles. The van der Waals surface area contributed by atoms with E-state index >= 15 is 0 Å². The molecule has 0 atom stereocenters. The third-order valence-electron chi connectivity index (χ3n) is 6.21. The molecule has 4 aromatic rings. The third kappa shape index (κ3) is 4.50. The Hall–Kier alpha value is -3.95. The van der Waals surface area contributed by atoms with E-state index in [0.717, 1.165) is 16.5 Å². The van der Waals surface area contributed by atoms with Crippen LogP contribution >= 0.6 is 0 Å². The van der Waals surface area contributed by atoms with Crippen molar-refractivity contribution in [3.05, 3.63) is 99.3 Å². The van der Waals surface area contributed by atoms with Crippen molar-refractivity contribution in [1.82, 2.24) is 9.29 Å². The number of fused-ring (bicyclic) bond motifs is 2. The number of para-hydroxylation sites is 1. The van der Waals surface area contributed by atoms with E-state index in [4.69, 9.17) is 9.47 Å². The van der Waals surface area contributed by atoms with E-state index in [1.165, 1.54) is 35.5 Å². The maximum Gasteiger partial charge on any atom is 0.252 e. The van der Waals surface area contributed by atoms with E-state index < -0.39 is 10.0 Å². The number of rotatable bonds is 7. The molecule has 0 saturated carbocycles. The normalized spacial score (nSPS) is 12.9. The lowest BCUT2D eigenvalue weighted by Gasteiger charge is -2.23. The van der Waals surface area contributed by atoms with Crippen LogP contribution in [0.5, 0.6) is 11.5 Å². The first-order chi connectivity index (χ1) is 17.2. The molecule has 2 heterocycles. The molecule has 0 unspecified atom stereocenters. The molecule has 0 fully saturated rings. The second kappa shape index (κ2) is 9.25. The third-order valence-corrected chi connectivity index (χ3v) is 8.01. The number of aromatic amines is 1. The molecule has 5 rings (SSSR count). The summed E-state index contributed by atoms with van der Waals surface area (Å²) in [6.45, 7) is 3.28. The van der Waals surface area contributed by atoms with E-state index in [-0.39, 0.29) is 36.1 Å². The fourth-order valence-corrected chi connectivity index (χ4v) is 5.62. The number of Topliss-reactive ketones (excluding diaryl/α,β-unsaturated/α-hetero) is 1. The van der Waals surface area contributed by atoms with E-state index in [9.17, 15) is 18.0 Å². The van der Waals surface area contributed by atoms with Crippen molar-refractivity contribution in [3.63, 3.8) is 0 Å². The largest absolute Gasteiger partial charge is 0.454 e. The number of ketones is 1. The van der Waals surface area contributed by atoms with Gasteiger partial charge in [0.05, 0.1) is 10.4 Å². The molecule has 9 heteroatoms. The fourth-order valence-electron chi connectivity index (χ4n) is 4.22. The maximum atomic E-state index is 13.8. The van der Waals surface area contributed by atoms with Crippen molar-refractivity contribution >= 4 is 26.7 Å². The van der Waals surface area contributed by atoms with Crippen molar-refractivity contribution in [1.29, 1.82) is 0 Å². The topological polar surface area (TPSA) is 106 Å². The number of sulfonamides is 1. The number of ether oxygens (including phenoxy) is 2. The summed E-state index contributed by atoms with van der Waals surface area (Å²) in [5, 5.41) is 0.816. The number of benzene rings is 3. The molecule has 3 aromatic carbocycles. The number of H-pyrrole nitrogens is 1. The standard InChI is InChI=1S/C27H24N2O6S/c1-17-4-3-5-21-13-22(27(31)28-26(17)21)15-29(14-19-6-11-24-25(12-19)35-16-34-24)36(32,33)23-9-7-20(8-10-23)18(2)30/h3-13H,14-16H2,1-2H3,(H,28,31). The molecular formula is C27H24N2O6S. The van der Waals surface area contributed by atoms with Gasteiger partial charge in [0.2, 0.25) is 16.8 Å². The summed E-state index contributed by atoms with van der Waals surface area (Å²) >= 11 is 0. The SMILES string of the molecule is CC(=O)c1ccc(S(=O)(=O)N(Cc2ccc3c(c2)OCO3)Cc2cc3cccc(C)c3[nH]c2=O)cc1. The summed E-state index contributed by atoms with van der Waals surface area (Å²) in [5.74, 6) is 0.971. The molecule has 0 radical (unpaired) electrons. The zero-order valence-corrected chi connectivity index (χ0v) is 20.6. The lowest BCUT2D eigenvalue weighted by molar-refractivity contribution is 0.101. The zero-order valence-electron chi connectivity index (χ0n) is 19.8. The average Bonchev–Trinajstić information content (AvgIpc) is 3.33. The highest BCUT2D eigenvalue weighted by molar-refractivity contribution is 7.89. The molecule has 184 valence electrons. The minimum Gasteiger partial charge on any atom is -0.454 e. The van der Waals surface area contributed by atoms with Crippen LogP contribution in [0.3, 0.4) is 0 Å². The van der Waals surface area contributed by atoms with Crippen LogP contribution in [-0.2, 0) is 23.1 Å². The summed E-state index contributed by atoms with van der Waals surface area (Å²) in [4.78, 5) is 27.5. The van der Waals surface area contributed by atoms with E-state index in [1.54, 1.807) is 24.3 Å². The molecule has 36 heavy (non-hydrogen) atoms. The highest BCUT2D eigenvalue weighted by Crippen LogP contribution is 2.33. The predicted molar refractivity (Wildman–Crippen MR) is 135 cm³/mol. The summed E-state index contributed by atoms with van der Waals surface area (Å²) in [6.07, 6.45) is 0. The van der Waals surface area contributed by atoms with Crippen molar-refractivity contribution in [2.45, 2.75) is 31.8 Å². The Balaban J connectivity index is 1.56. The monoisotopic (exact) mass is 504 g/mol. The Kier molecular flexibility index (Phi) is 6.11. The van der Waals surface area contributed by atoms with Gasteiger partial charge in [-0.05, 0) is 60.7 Å². The number of hydrogen-bond acceptors (Lipinski definition) is 6. The zero-order chi connectivity index (χ0) is 25.4. The summed E-state index contributed by atoms with van der Waals surface area (Å²) in [7, 11) is -4.04. The van der Waals surface area contributed by atoms with Crippen molar-refractivity contribution < 1.29 is 22.7 Å². The molecule has 0 amide bonds. The summed E-state index contributed by atoms with van der Waals surface area (Å²) in [5.41, 5.74) is 2.70. The lowest BCUT2D eigenvalue weighted by Crippen LogP contribution is -2.32. The second-order valence-corrected chi connectivity index (χ2v) is 10.6. The van der Waals surface area contributed by atoms with Crippen LogP contribution in [0.4, 0.5) is 0 Å². The van der Waals surface area contributed by atoms with Gasteiger partial charge in [-0.15, -0.1) is 0 Å². The number of pyridine rings is 1. The van der Waals surface area contributed by atoms with Gasteiger partial charge in [0.1, 0.15) is 0 Å². The average molecular weight is 505 g/mol. The van der Waals surface area contributed by atoms with Gasteiger partial charge < -0.3 is 14.5 Å². The fraction of sp³-hybridized carbons (Fsp3) is 0.185. The summed E-state index contributed by atoms with van der Waals surface area (Å²) in [6, 6.07) is 18.4. The van der Waals surface area contributed by atoms with Crippen LogP contribution in [0.1, 0.15) is 34.0 Å². The van der Waals surface area contributed by atoms with Gasteiger partial charge in [0, 0.05) is 24.2 Å². The van der Waals surface area contributed by atoms with Crippen LogP contribution in [0.2, 0.25) is 0 Å². The Morgan fingerprint density at radius 2 is 1.72 bits per heavy atom. The van der Waals surface area contributed by atoms with Gasteiger partial charge in [-0.1, -0.05) is 36.4 Å². The van der Waals surface area contributed by atoms with Crippen LogP contribution < -0.4 is 15.0 Å². The van der Waals surface area contributed by atoms with E-state index in [2.05, 4.69) is 4.98 Å². The molecular weight excluding hydrogens is 480 g/mol. The van der Waals surface area contributed by atoms with Crippen molar-refractivity contribution in [2.75, 3.05) is 6.79 Å². The van der Waals surface area contributed by atoms with Crippen molar-refractivity contribution in [3.8, 4) is 11.5 Å². The number of aryl methyl sites for hydroxylation is 1.